The van der Waals surface area contributed by atoms with Crippen LogP contribution in [0, 0.1) is 0 Å². The lowest BCUT2D eigenvalue weighted by molar-refractivity contribution is -0.116. The molecule has 9 nitrogen and oxygen atoms in total. The first-order valence-electron chi connectivity index (χ1n) is 6.64. The van der Waals surface area contributed by atoms with E-state index in [1.807, 2.05) is 0 Å². The predicted octanol–water partition coefficient (Wildman–Crippen LogP) is 0.917. The normalized spacial score (nSPS) is 9.86. The number of nitrogens with one attached hydrogen (secondary N) is 3. The standard InChI is InChI=1S/C12H18N6O3/c1-4-7(19)13-10-16-11(14-8(20)5-2)18-12(17-10)15-9(21)6-3/h4-6H2,1-3H3,(H3,13,14,15,16,17,18,19,20,21). The number of hydrogen-bond donors (Lipinski definition) is 3. The van der Waals surface area contributed by atoms with Crippen molar-refractivity contribution in [2.45, 2.75) is 40.0 Å². The molecule has 3 N–H and O–H groups in total. The molecular formula is C12H18N6O3. The van der Waals surface area contributed by atoms with Crippen LogP contribution in [-0.2, 0) is 14.4 Å². The number of hydrogen-bond acceptors (Lipinski definition) is 6. The van der Waals surface area contributed by atoms with Gasteiger partial charge in [0, 0.05) is 19.3 Å². The molecule has 0 atom stereocenters. The molecule has 21 heavy (non-hydrogen) atoms. The Bertz CT molecular complexity index is 457. The van der Waals surface area contributed by atoms with E-state index in [2.05, 4.69) is 30.9 Å². The fraction of sp³-hybridized carbons (Fsp3) is 0.500. The molecule has 0 aliphatic rings. The minimum absolute atomic E-state index is 0.0327. The van der Waals surface area contributed by atoms with Gasteiger partial charge in [-0.2, -0.15) is 15.0 Å². The van der Waals surface area contributed by atoms with Crippen molar-refractivity contribution in [1.29, 1.82) is 0 Å². The maximum atomic E-state index is 11.4. The Labute approximate surface area is 122 Å². The Balaban J connectivity index is 3.03. The average Bonchev–Trinajstić information content (AvgIpc) is 2.46. The van der Waals surface area contributed by atoms with Crippen molar-refractivity contribution in [3.8, 4) is 0 Å². The second-order valence-electron chi connectivity index (χ2n) is 4.01. The highest BCUT2D eigenvalue weighted by Gasteiger charge is 2.11. The lowest BCUT2D eigenvalue weighted by atomic mass is 10.4. The van der Waals surface area contributed by atoms with Crippen LogP contribution in [0.25, 0.3) is 0 Å². The van der Waals surface area contributed by atoms with Crippen LogP contribution in [0.1, 0.15) is 40.0 Å². The van der Waals surface area contributed by atoms with Crippen LogP contribution in [0.2, 0.25) is 0 Å². The van der Waals surface area contributed by atoms with E-state index in [0.717, 1.165) is 0 Å². The highest BCUT2D eigenvalue weighted by atomic mass is 16.2. The van der Waals surface area contributed by atoms with Crippen LogP contribution in [0.15, 0.2) is 0 Å². The second-order valence-corrected chi connectivity index (χ2v) is 4.01. The molecule has 0 unspecified atom stereocenters. The van der Waals surface area contributed by atoms with Crippen LogP contribution < -0.4 is 16.0 Å². The fourth-order valence-electron chi connectivity index (χ4n) is 1.18. The number of amides is 3. The van der Waals surface area contributed by atoms with Crippen molar-refractivity contribution in [3.63, 3.8) is 0 Å². The topological polar surface area (TPSA) is 126 Å². The molecule has 0 bridgehead atoms. The Morgan fingerprint density at radius 3 is 1.10 bits per heavy atom. The maximum absolute atomic E-state index is 11.4. The van der Waals surface area contributed by atoms with Crippen molar-refractivity contribution in [3.05, 3.63) is 0 Å². The molecule has 3 amide bonds. The number of anilines is 3. The summed E-state index contributed by atoms with van der Waals surface area (Å²) < 4.78 is 0. The Morgan fingerprint density at radius 1 is 0.667 bits per heavy atom. The van der Waals surface area contributed by atoms with E-state index in [9.17, 15) is 14.4 Å². The minimum Gasteiger partial charge on any atom is -0.294 e. The van der Waals surface area contributed by atoms with Gasteiger partial charge in [0.15, 0.2) is 0 Å². The number of nitrogens with zero attached hydrogens (tertiary/aromatic N) is 3. The molecule has 1 heterocycles. The van der Waals surface area contributed by atoms with Crippen molar-refractivity contribution in [2.24, 2.45) is 0 Å². The smallest absolute Gasteiger partial charge is 0.236 e. The van der Waals surface area contributed by atoms with Gasteiger partial charge >= 0.3 is 0 Å². The highest BCUT2D eigenvalue weighted by Crippen LogP contribution is 2.10. The lowest BCUT2D eigenvalue weighted by Crippen LogP contribution is -2.20. The third kappa shape index (κ3) is 5.51. The van der Waals surface area contributed by atoms with Gasteiger partial charge in [-0.3, -0.25) is 30.3 Å². The van der Waals surface area contributed by atoms with E-state index >= 15 is 0 Å². The number of carbonyl (C=O) groups is 3. The van der Waals surface area contributed by atoms with Crippen molar-refractivity contribution >= 4 is 35.6 Å². The molecule has 0 radical (unpaired) electrons. The first-order chi connectivity index (χ1) is 9.98. The minimum atomic E-state index is -0.290. The molecule has 1 aromatic heterocycles. The van der Waals surface area contributed by atoms with E-state index < -0.39 is 0 Å². The summed E-state index contributed by atoms with van der Waals surface area (Å²) in [7, 11) is 0. The molecule has 0 aliphatic heterocycles. The molecule has 0 saturated carbocycles. The van der Waals surface area contributed by atoms with E-state index in [0.29, 0.717) is 0 Å². The highest BCUT2D eigenvalue weighted by molar-refractivity contribution is 5.92. The van der Waals surface area contributed by atoms with Crippen LogP contribution in [0.4, 0.5) is 17.8 Å². The van der Waals surface area contributed by atoms with E-state index in [1.54, 1.807) is 20.8 Å². The number of aromatic nitrogens is 3. The van der Waals surface area contributed by atoms with E-state index in [1.165, 1.54) is 0 Å². The van der Waals surface area contributed by atoms with Gasteiger partial charge in [-0.15, -0.1) is 0 Å². The van der Waals surface area contributed by atoms with Crippen molar-refractivity contribution in [2.75, 3.05) is 16.0 Å². The summed E-state index contributed by atoms with van der Waals surface area (Å²) in [5.74, 6) is -0.968. The molecular weight excluding hydrogens is 276 g/mol. The largest absolute Gasteiger partial charge is 0.294 e. The zero-order chi connectivity index (χ0) is 15.8. The van der Waals surface area contributed by atoms with Gasteiger partial charge in [0.05, 0.1) is 0 Å². The molecule has 0 aromatic carbocycles. The Kier molecular flexibility index (Phi) is 6.18. The van der Waals surface area contributed by atoms with Gasteiger partial charge in [-0.1, -0.05) is 20.8 Å². The van der Waals surface area contributed by atoms with E-state index in [4.69, 9.17) is 0 Å². The summed E-state index contributed by atoms with van der Waals surface area (Å²) in [6.45, 7) is 5.03. The average molecular weight is 294 g/mol. The van der Waals surface area contributed by atoms with Gasteiger partial charge < -0.3 is 0 Å². The summed E-state index contributed by atoms with van der Waals surface area (Å²) in [5.41, 5.74) is 0. The van der Waals surface area contributed by atoms with Gasteiger partial charge in [-0.05, 0) is 0 Å². The summed E-state index contributed by atoms with van der Waals surface area (Å²) >= 11 is 0. The van der Waals surface area contributed by atoms with Gasteiger partial charge in [0.25, 0.3) is 0 Å². The summed E-state index contributed by atoms with van der Waals surface area (Å²) in [4.78, 5) is 45.8. The molecule has 0 spiro atoms. The zero-order valence-electron chi connectivity index (χ0n) is 12.2. The van der Waals surface area contributed by atoms with Crippen LogP contribution in [0.3, 0.4) is 0 Å². The molecule has 0 fully saturated rings. The fourth-order valence-corrected chi connectivity index (χ4v) is 1.18. The zero-order valence-corrected chi connectivity index (χ0v) is 12.2. The summed E-state index contributed by atoms with van der Waals surface area (Å²) in [6, 6.07) is 0. The van der Waals surface area contributed by atoms with Crippen molar-refractivity contribution in [1.82, 2.24) is 15.0 Å². The third-order valence-electron chi connectivity index (χ3n) is 2.35. The van der Waals surface area contributed by atoms with E-state index in [-0.39, 0.29) is 54.8 Å². The van der Waals surface area contributed by atoms with Crippen LogP contribution in [-0.4, -0.2) is 32.7 Å². The van der Waals surface area contributed by atoms with Crippen LogP contribution >= 0.6 is 0 Å². The second kappa shape index (κ2) is 7.88. The third-order valence-corrected chi connectivity index (χ3v) is 2.35. The molecule has 9 heteroatoms. The molecule has 1 aromatic rings. The van der Waals surface area contributed by atoms with Gasteiger partial charge in [0.1, 0.15) is 0 Å². The Hall–Kier alpha value is -2.58. The quantitative estimate of drug-likeness (QED) is 0.716. The molecule has 1 rings (SSSR count). The first kappa shape index (κ1) is 16.5. The van der Waals surface area contributed by atoms with Crippen LogP contribution in [0.5, 0.6) is 0 Å². The first-order valence-corrected chi connectivity index (χ1v) is 6.64. The Morgan fingerprint density at radius 2 is 0.905 bits per heavy atom. The maximum Gasteiger partial charge on any atom is 0.236 e. The summed E-state index contributed by atoms with van der Waals surface area (Å²) in [6.07, 6.45) is 0.747. The molecule has 0 aliphatic carbocycles. The van der Waals surface area contributed by atoms with Crippen molar-refractivity contribution < 1.29 is 14.4 Å². The monoisotopic (exact) mass is 294 g/mol. The lowest BCUT2D eigenvalue weighted by Gasteiger charge is -2.08. The van der Waals surface area contributed by atoms with Gasteiger partial charge in [0.2, 0.25) is 35.6 Å². The summed E-state index contributed by atoms with van der Waals surface area (Å²) in [5, 5.41) is 7.35. The number of rotatable bonds is 6. The SMILES string of the molecule is CCC(=O)Nc1nc(NC(=O)CC)nc(NC(=O)CC)n1. The molecule has 0 saturated heterocycles. The van der Waals surface area contributed by atoms with Gasteiger partial charge in [-0.25, -0.2) is 0 Å². The number of carbonyl (C=O) groups excluding carboxylic acids is 3. The predicted molar refractivity (Wildman–Crippen MR) is 76.6 cm³/mol. The molecule has 114 valence electrons.